The molecular formula is C5H8O2S. The summed E-state index contributed by atoms with van der Waals surface area (Å²) in [6, 6.07) is 0. The molecule has 0 aliphatic carbocycles. The van der Waals surface area contributed by atoms with Gasteiger partial charge in [-0.1, -0.05) is 0 Å². The molecule has 0 saturated heterocycles. The second-order valence-electron chi connectivity index (χ2n) is 1.52. The number of rotatable bonds is 1. The Bertz CT molecular complexity index is 133. The van der Waals surface area contributed by atoms with Crippen LogP contribution >= 0.6 is 12.6 Å². The molecule has 0 heterocycles. The highest BCUT2D eigenvalue weighted by molar-refractivity contribution is 7.97. The van der Waals surface area contributed by atoms with E-state index < -0.39 is 0 Å². The predicted octanol–water partition coefficient (Wildman–Crippen LogP) is 1.29. The van der Waals surface area contributed by atoms with Crippen LogP contribution in [0.25, 0.3) is 0 Å². The SMILES string of the molecule is CC(O)=C(C)C(=O)S. The molecule has 0 aromatic rings. The fourth-order valence-electron chi connectivity index (χ4n) is 0.155. The van der Waals surface area contributed by atoms with Crippen LogP contribution in [-0.2, 0) is 4.79 Å². The van der Waals surface area contributed by atoms with Crippen LogP contribution < -0.4 is 0 Å². The first-order valence-corrected chi connectivity index (χ1v) is 2.60. The van der Waals surface area contributed by atoms with E-state index in [-0.39, 0.29) is 10.9 Å². The average molecular weight is 132 g/mol. The largest absolute Gasteiger partial charge is 0.512 e. The second-order valence-corrected chi connectivity index (χ2v) is 1.92. The van der Waals surface area contributed by atoms with Crippen molar-refractivity contribution >= 4 is 17.7 Å². The highest BCUT2D eigenvalue weighted by atomic mass is 32.1. The van der Waals surface area contributed by atoms with Crippen LogP contribution in [0.1, 0.15) is 13.8 Å². The zero-order valence-electron chi connectivity index (χ0n) is 4.80. The number of aliphatic hydroxyl groups excluding tert-OH is 1. The fraction of sp³-hybridized carbons (Fsp3) is 0.400. The zero-order valence-corrected chi connectivity index (χ0v) is 5.70. The van der Waals surface area contributed by atoms with Crippen LogP contribution in [-0.4, -0.2) is 10.2 Å². The average Bonchev–Trinajstić information content (AvgIpc) is 1.64. The highest BCUT2D eigenvalue weighted by Crippen LogP contribution is 2.01. The van der Waals surface area contributed by atoms with E-state index in [1.54, 1.807) is 0 Å². The van der Waals surface area contributed by atoms with E-state index in [0.717, 1.165) is 0 Å². The fourth-order valence-corrected chi connectivity index (χ4v) is 0.317. The maximum absolute atomic E-state index is 10.2. The summed E-state index contributed by atoms with van der Waals surface area (Å²) in [6.45, 7) is 2.97. The molecule has 1 N–H and O–H groups in total. The van der Waals surface area contributed by atoms with Crippen molar-refractivity contribution in [2.24, 2.45) is 0 Å². The van der Waals surface area contributed by atoms with Gasteiger partial charge in [0.25, 0.3) is 0 Å². The smallest absolute Gasteiger partial charge is 0.215 e. The van der Waals surface area contributed by atoms with Gasteiger partial charge < -0.3 is 5.11 Å². The third kappa shape index (κ3) is 2.02. The zero-order chi connectivity index (χ0) is 6.73. The van der Waals surface area contributed by atoms with Gasteiger partial charge in [0.1, 0.15) is 0 Å². The minimum atomic E-state index is -0.384. The molecule has 3 heteroatoms. The van der Waals surface area contributed by atoms with Crippen LogP contribution in [0.15, 0.2) is 11.3 Å². The van der Waals surface area contributed by atoms with Gasteiger partial charge in [-0.3, -0.25) is 4.79 Å². The Kier molecular flexibility index (Phi) is 2.62. The molecule has 46 valence electrons. The van der Waals surface area contributed by atoms with Crippen molar-refractivity contribution in [3.8, 4) is 0 Å². The van der Waals surface area contributed by atoms with Crippen LogP contribution in [0.3, 0.4) is 0 Å². The molecule has 0 aromatic carbocycles. The molecule has 0 atom stereocenters. The molecule has 8 heavy (non-hydrogen) atoms. The molecule has 0 amide bonds. The van der Waals surface area contributed by atoms with Crippen molar-refractivity contribution in [3.63, 3.8) is 0 Å². The number of aliphatic hydroxyl groups is 1. The first-order chi connectivity index (χ1) is 3.55. The summed E-state index contributed by atoms with van der Waals surface area (Å²) in [5.74, 6) is 0.0324. The topological polar surface area (TPSA) is 37.3 Å². The summed E-state index contributed by atoms with van der Waals surface area (Å²) in [5.41, 5.74) is 0.299. The Hall–Kier alpha value is -0.440. The Morgan fingerprint density at radius 2 is 1.88 bits per heavy atom. The molecule has 0 spiro atoms. The lowest BCUT2D eigenvalue weighted by molar-refractivity contribution is -0.107. The van der Waals surface area contributed by atoms with Gasteiger partial charge in [-0.15, -0.1) is 12.6 Å². The Labute approximate surface area is 53.6 Å². The van der Waals surface area contributed by atoms with E-state index in [0.29, 0.717) is 5.57 Å². The second kappa shape index (κ2) is 2.77. The number of thiol groups is 1. The first kappa shape index (κ1) is 7.56. The maximum Gasteiger partial charge on any atom is 0.215 e. The Morgan fingerprint density at radius 3 is 1.88 bits per heavy atom. The molecule has 0 rings (SSSR count). The van der Waals surface area contributed by atoms with Gasteiger partial charge in [0.15, 0.2) is 0 Å². The number of hydrogen-bond donors (Lipinski definition) is 2. The van der Waals surface area contributed by atoms with Crippen molar-refractivity contribution in [3.05, 3.63) is 11.3 Å². The molecule has 0 radical (unpaired) electrons. The third-order valence-electron chi connectivity index (χ3n) is 0.864. The summed E-state index contributed by atoms with van der Waals surface area (Å²) in [5, 5.41) is 8.22. The van der Waals surface area contributed by atoms with Gasteiger partial charge in [0, 0.05) is 5.57 Å². The normalized spacial score (nSPS) is 12.9. The summed E-state index contributed by atoms with van der Waals surface area (Å²) < 4.78 is 0. The Morgan fingerprint density at radius 1 is 1.50 bits per heavy atom. The highest BCUT2D eigenvalue weighted by Gasteiger charge is 1.99. The van der Waals surface area contributed by atoms with Crippen LogP contribution in [0.2, 0.25) is 0 Å². The van der Waals surface area contributed by atoms with E-state index in [9.17, 15) is 4.79 Å². The van der Waals surface area contributed by atoms with Crippen molar-refractivity contribution < 1.29 is 9.90 Å². The van der Waals surface area contributed by atoms with Crippen molar-refractivity contribution in [2.45, 2.75) is 13.8 Å². The summed E-state index contributed by atoms with van der Waals surface area (Å²) in [7, 11) is 0. The molecular weight excluding hydrogens is 124 g/mol. The number of carbonyl (C=O) groups excluding carboxylic acids is 1. The van der Waals surface area contributed by atoms with Crippen LogP contribution in [0.5, 0.6) is 0 Å². The van der Waals surface area contributed by atoms with E-state index in [2.05, 4.69) is 12.6 Å². The van der Waals surface area contributed by atoms with Gasteiger partial charge in [0.05, 0.1) is 5.76 Å². The van der Waals surface area contributed by atoms with E-state index in [1.807, 2.05) is 0 Å². The molecule has 0 aliphatic rings. The molecule has 0 bridgehead atoms. The molecule has 0 fully saturated rings. The third-order valence-corrected chi connectivity index (χ3v) is 1.20. The van der Waals surface area contributed by atoms with Gasteiger partial charge >= 0.3 is 0 Å². The van der Waals surface area contributed by atoms with Crippen molar-refractivity contribution in [1.29, 1.82) is 0 Å². The first-order valence-electron chi connectivity index (χ1n) is 2.15. The maximum atomic E-state index is 10.2. The molecule has 2 nitrogen and oxygen atoms in total. The minimum absolute atomic E-state index is 0.0324. The van der Waals surface area contributed by atoms with E-state index in [1.165, 1.54) is 13.8 Å². The van der Waals surface area contributed by atoms with Gasteiger partial charge in [-0.2, -0.15) is 0 Å². The monoisotopic (exact) mass is 132 g/mol. The summed E-state index contributed by atoms with van der Waals surface area (Å²) in [6.07, 6.45) is 0. The quantitative estimate of drug-likeness (QED) is 0.320. The standard InChI is InChI=1S/C5H8O2S/c1-3(4(2)6)5(7)8/h6H,1-2H3,(H,7,8). The molecule has 0 unspecified atom stereocenters. The predicted molar refractivity (Wildman–Crippen MR) is 35.0 cm³/mol. The lowest BCUT2D eigenvalue weighted by atomic mass is 10.3. The summed E-state index contributed by atoms with van der Waals surface area (Å²) in [4.78, 5) is 10.2. The van der Waals surface area contributed by atoms with Gasteiger partial charge in [-0.25, -0.2) is 0 Å². The van der Waals surface area contributed by atoms with Crippen LogP contribution in [0.4, 0.5) is 0 Å². The van der Waals surface area contributed by atoms with Crippen LogP contribution in [0, 0.1) is 0 Å². The minimum Gasteiger partial charge on any atom is -0.512 e. The molecule has 0 aromatic heterocycles. The van der Waals surface area contributed by atoms with Crippen molar-refractivity contribution in [1.82, 2.24) is 0 Å². The number of hydrogen-bond acceptors (Lipinski definition) is 2. The number of carbonyl (C=O) groups is 1. The molecule has 0 saturated carbocycles. The summed E-state index contributed by atoms with van der Waals surface area (Å²) >= 11 is 3.48. The lowest BCUT2D eigenvalue weighted by Crippen LogP contribution is -1.91. The molecule has 0 aliphatic heterocycles. The number of allylic oxidation sites excluding steroid dienone is 1. The Balaban J connectivity index is 4.23. The van der Waals surface area contributed by atoms with Gasteiger partial charge in [-0.05, 0) is 13.8 Å². The van der Waals surface area contributed by atoms with E-state index in [4.69, 9.17) is 5.11 Å². The lowest BCUT2D eigenvalue weighted by Gasteiger charge is -1.92. The van der Waals surface area contributed by atoms with Gasteiger partial charge in [0.2, 0.25) is 5.12 Å². The van der Waals surface area contributed by atoms with E-state index >= 15 is 0 Å². The van der Waals surface area contributed by atoms with Crippen molar-refractivity contribution in [2.75, 3.05) is 0 Å².